The minimum atomic E-state index is 0.723. The van der Waals surface area contributed by atoms with Crippen LogP contribution < -0.4 is 5.32 Å². The van der Waals surface area contributed by atoms with Gasteiger partial charge in [-0.25, -0.2) is 0 Å². The predicted octanol–water partition coefficient (Wildman–Crippen LogP) is 3.03. The first-order chi connectivity index (χ1) is 8.27. The van der Waals surface area contributed by atoms with Gasteiger partial charge in [-0.1, -0.05) is 19.3 Å². The molecule has 1 saturated carbocycles. The highest BCUT2D eigenvalue weighted by atomic mass is 15.2. The van der Waals surface area contributed by atoms with Crippen molar-refractivity contribution in [3.63, 3.8) is 0 Å². The Kier molecular flexibility index (Phi) is 5.30. The van der Waals surface area contributed by atoms with E-state index in [-0.39, 0.29) is 0 Å². The van der Waals surface area contributed by atoms with E-state index in [9.17, 15) is 0 Å². The van der Waals surface area contributed by atoms with E-state index < -0.39 is 0 Å². The first-order valence-electron chi connectivity index (χ1n) is 7.75. The highest BCUT2D eigenvalue weighted by Crippen LogP contribution is 2.26. The van der Waals surface area contributed by atoms with E-state index in [0.29, 0.717) is 0 Å². The molecule has 0 amide bonds. The van der Waals surface area contributed by atoms with E-state index in [0.717, 1.165) is 18.0 Å². The molecule has 0 aromatic rings. The Bertz CT molecular complexity index is 205. The second-order valence-corrected chi connectivity index (χ2v) is 6.19. The summed E-state index contributed by atoms with van der Waals surface area (Å²) in [6.07, 6.45) is 10.1. The van der Waals surface area contributed by atoms with Crippen LogP contribution in [-0.4, -0.2) is 36.6 Å². The van der Waals surface area contributed by atoms with Crippen molar-refractivity contribution in [3.05, 3.63) is 0 Å². The normalized spacial score (nSPS) is 27.2. The molecule has 0 spiro atoms. The van der Waals surface area contributed by atoms with Crippen molar-refractivity contribution in [2.24, 2.45) is 5.92 Å². The molecular weight excluding hydrogens is 208 g/mol. The summed E-state index contributed by atoms with van der Waals surface area (Å²) in [6.45, 7) is 8.59. The molecule has 0 radical (unpaired) electrons. The van der Waals surface area contributed by atoms with Gasteiger partial charge >= 0.3 is 0 Å². The first-order valence-corrected chi connectivity index (χ1v) is 7.75. The number of nitrogens with zero attached hydrogens (tertiary/aromatic N) is 1. The third kappa shape index (κ3) is 3.96. The number of likely N-dealkylation sites (tertiary alicyclic amines) is 1. The van der Waals surface area contributed by atoms with Crippen molar-refractivity contribution in [1.29, 1.82) is 0 Å². The molecule has 0 bridgehead atoms. The van der Waals surface area contributed by atoms with Gasteiger partial charge in [0.25, 0.3) is 0 Å². The highest BCUT2D eigenvalue weighted by molar-refractivity contribution is 4.79. The molecule has 1 heterocycles. The highest BCUT2D eigenvalue weighted by Gasteiger charge is 2.22. The van der Waals surface area contributed by atoms with Crippen LogP contribution in [0.5, 0.6) is 0 Å². The van der Waals surface area contributed by atoms with Gasteiger partial charge in [0, 0.05) is 18.6 Å². The molecule has 1 saturated heterocycles. The Labute approximate surface area is 107 Å². The van der Waals surface area contributed by atoms with Gasteiger partial charge in [-0.2, -0.15) is 0 Å². The quantitative estimate of drug-likeness (QED) is 0.792. The summed E-state index contributed by atoms with van der Waals surface area (Å²) >= 11 is 0. The fraction of sp³-hybridized carbons (Fsp3) is 1.00. The summed E-state index contributed by atoms with van der Waals surface area (Å²) in [4.78, 5) is 2.64. The number of hydrogen-bond donors (Lipinski definition) is 1. The molecular formula is C15H30N2. The minimum Gasteiger partial charge on any atom is -0.312 e. The van der Waals surface area contributed by atoms with Crippen LogP contribution in [0, 0.1) is 5.92 Å². The molecule has 1 aliphatic heterocycles. The van der Waals surface area contributed by atoms with Crippen LogP contribution in [0.15, 0.2) is 0 Å². The minimum absolute atomic E-state index is 0.723. The molecule has 0 aromatic carbocycles. The lowest BCUT2D eigenvalue weighted by molar-refractivity contribution is 0.224. The van der Waals surface area contributed by atoms with Gasteiger partial charge < -0.3 is 5.32 Å². The maximum absolute atomic E-state index is 3.79. The van der Waals surface area contributed by atoms with E-state index in [1.54, 1.807) is 0 Å². The van der Waals surface area contributed by atoms with Crippen molar-refractivity contribution in [1.82, 2.24) is 10.2 Å². The van der Waals surface area contributed by atoms with Crippen LogP contribution in [0.25, 0.3) is 0 Å². The maximum atomic E-state index is 3.79. The molecule has 0 aromatic heterocycles. The van der Waals surface area contributed by atoms with Gasteiger partial charge in [-0.15, -0.1) is 0 Å². The molecule has 2 unspecified atom stereocenters. The average Bonchev–Trinajstić information content (AvgIpc) is 2.90. The summed E-state index contributed by atoms with van der Waals surface area (Å²) < 4.78 is 0. The molecule has 2 rings (SSSR count). The Morgan fingerprint density at radius 2 is 1.65 bits per heavy atom. The zero-order valence-corrected chi connectivity index (χ0v) is 11.8. The van der Waals surface area contributed by atoms with E-state index in [1.807, 2.05) is 0 Å². The zero-order chi connectivity index (χ0) is 12.1. The van der Waals surface area contributed by atoms with Crippen LogP contribution in [0.3, 0.4) is 0 Å². The van der Waals surface area contributed by atoms with Crippen LogP contribution >= 0.6 is 0 Å². The fourth-order valence-electron chi connectivity index (χ4n) is 3.47. The molecule has 2 heteroatoms. The summed E-state index contributed by atoms with van der Waals surface area (Å²) in [6, 6.07) is 1.45. The van der Waals surface area contributed by atoms with Crippen molar-refractivity contribution < 1.29 is 0 Å². The SMILES string of the molecule is CC(NCC(C)N1CCCC1)C1CCCCC1. The lowest BCUT2D eigenvalue weighted by Gasteiger charge is -2.31. The van der Waals surface area contributed by atoms with Crippen molar-refractivity contribution in [2.75, 3.05) is 19.6 Å². The van der Waals surface area contributed by atoms with Gasteiger partial charge in [0.05, 0.1) is 0 Å². The molecule has 1 N–H and O–H groups in total. The Morgan fingerprint density at radius 1 is 1.00 bits per heavy atom. The molecule has 17 heavy (non-hydrogen) atoms. The van der Waals surface area contributed by atoms with Crippen LogP contribution in [-0.2, 0) is 0 Å². The predicted molar refractivity (Wildman–Crippen MR) is 74.3 cm³/mol. The van der Waals surface area contributed by atoms with Crippen LogP contribution in [0.1, 0.15) is 58.8 Å². The third-order valence-corrected chi connectivity index (χ3v) is 4.86. The summed E-state index contributed by atoms with van der Waals surface area (Å²) in [5.41, 5.74) is 0. The molecule has 2 nitrogen and oxygen atoms in total. The standard InChI is InChI=1S/C15H30N2/c1-13(17-10-6-7-11-17)12-16-14(2)15-8-4-3-5-9-15/h13-16H,3-12H2,1-2H3. The summed E-state index contributed by atoms with van der Waals surface area (Å²) in [7, 11) is 0. The van der Waals surface area contributed by atoms with E-state index in [1.165, 1.54) is 64.6 Å². The van der Waals surface area contributed by atoms with Gasteiger partial charge in [-0.3, -0.25) is 4.90 Å². The van der Waals surface area contributed by atoms with Gasteiger partial charge in [0.1, 0.15) is 0 Å². The van der Waals surface area contributed by atoms with Gasteiger partial charge in [0.15, 0.2) is 0 Å². The van der Waals surface area contributed by atoms with Crippen LogP contribution in [0.2, 0.25) is 0 Å². The van der Waals surface area contributed by atoms with E-state index >= 15 is 0 Å². The fourth-order valence-corrected chi connectivity index (χ4v) is 3.47. The van der Waals surface area contributed by atoms with Crippen molar-refractivity contribution >= 4 is 0 Å². The topological polar surface area (TPSA) is 15.3 Å². The first kappa shape index (κ1) is 13.4. The molecule has 1 aliphatic carbocycles. The third-order valence-electron chi connectivity index (χ3n) is 4.86. The zero-order valence-electron chi connectivity index (χ0n) is 11.8. The Balaban J connectivity index is 1.65. The van der Waals surface area contributed by atoms with Gasteiger partial charge in [-0.05, 0) is 58.5 Å². The van der Waals surface area contributed by atoms with Crippen molar-refractivity contribution in [3.8, 4) is 0 Å². The lowest BCUT2D eigenvalue weighted by atomic mass is 9.84. The number of nitrogens with one attached hydrogen (secondary N) is 1. The largest absolute Gasteiger partial charge is 0.312 e. The molecule has 2 atom stereocenters. The second kappa shape index (κ2) is 6.75. The van der Waals surface area contributed by atoms with Gasteiger partial charge in [0.2, 0.25) is 0 Å². The van der Waals surface area contributed by atoms with Crippen LogP contribution in [0.4, 0.5) is 0 Å². The average molecular weight is 238 g/mol. The maximum Gasteiger partial charge on any atom is 0.0192 e. The molecule has 2 aliphatic rings. The summed E-state index contributed by atoms with van der Waals surface area (Å²) in [5, 5.41) is 3.79. The van der Waals surface area contributed by atoms with Crippen molar-refractivity contribution in [2.45, 2.75) is 70.9 Å². The number of hydrogen-bond acceptors (Lipinski definition) is 2. The molecule has 100 valence electrons. The lowest BCUT2D eigenvalue weighted by Crippen LogP contribution is -2.44. The molecule has 2 fully saturated rings. The Hall–Kier alpha value is -0.0800. The second-order valence-electron chi connectivity index (χ2n) is 6.19. The number of rotatable bonds is 5. The summed E-state index contributed by atoms with van der Waals surface area (Å²) in [5.74, 6) is 0.939. The monoisotopic (exact) mass is 238 g/mol. The Morgan fingerprint density at radius 3 is 2.29 bits per heavy atom. The van der Waals surface area contributed by atoms with E-state index in [4.69, 9.17) is 0 Å². The van der Waals surface area contributed by atoms with E-state index in [2.05, 4.69) is 24.1 Å². The smallest absolute Gasteiger partial charge is 0.0192 e.